The number of carbonyl (C=O) groups is 9. The van der Waals surface area contributed by atoms with Crippen molar-refractivity contribution in [2.24, 2.45) is 0 Å². The van der Waals surface area contributed by atoms with E-state index in [-0.39, 0.29) is 59.2 Å². The Morgan fingerprint density at radius 2 is 0.425 bits per heavy atom. The molecule has 682 valence electrons. The Bertz CT molecular complexity index is 3200. The lowest BCUT2D eigenvalue weighted by Gasteiger charge is -2.37. The monoisotopic (exact) mass is 1690 g/mol. The Balaban J connectivity index is -0.000000315. The third-order valence-corrected chi connectivity index (χ3v) is 19.2. The predicted octanol–water partition coefficient (Wildman–Crippen LogP) is 16.2. The first kappa shape index (κ1) is 121. The number of hydrogen-bond donors (Lipinski definition) is 0. The molecule has 0 aliphatic rings. The van der Waals surface area contributed by atoms with Crippen molar-refractivity contribution >= 4 is 53.7 Å². The smallest absolute Gasteiger partial charge is 0.338 e. The standard InChI is InChI=1S/C18H30NO2.2C17H28NO2.C15H24NO2.C12H18NO2.C4H8O.4C3H6O2.H2O/c1-4-7-14-19(6-3,13-5-2)15-16-21-18(20)17-11-9-8-10-12-17;2*1-4-12-18(6-3,13-5-2)14-15-20-17(19)16-10-8-7-9-11-16;1-4-16(5-2,6-3)12-13-18-15(17)14-10-8-7-9-11-14;1-13(2,3)9-10-15-12(14)11-7-5-4-6-8-11;1-4(2)5-3;4*1-3(4)5-2;/h8-12H,4-7,13-16H2,1-3H3;2*7-11H,4-6,12-15H2,1-3H3;7-11H,4-6,12-13H2,1-3H3;4-8H,9-10H2,1-3H3;1H2,2-3H3;4*1-2H3;1H2/q5*+1;;;;;;. The molecule has 0 heterocycles. The predicted molar refractivity (Wildman–Crippen MR) is 482 cm³/mol. The lowest BCUT2D eigenvalue weighted by Crippen LogP contribution is -2.51. The van der Waals surface area contributed by atoms with Crippen LogP contribution in [0.3, 0.4) is 0 Å². The summed E-state index contributed by atoms with van der Waals surface area (Å²) in [4.78, 5) is 97.4. The minimum atomic E-state index is -0.246. The SMILES string of the molecule is C=C(C)OC.CCCC[N+](CC)(CCC)CCOC(=O)c1ccccc1.CCC[N+](CC)(CCC)CCOC(=O)c1ccccc1.CCC[N+](CC)(CCC)CCOC(=O)c1ccccc1.CC[N+](CC)(CC)CCOC(=O)c1ccccc1.COC(C)=O.COC(C)=O.COC(C)=O.COC(C)=O.C[N+](C)(C)CCOC(=O)c1ccccc1.O. The molecule has 0 aliphatic heterocycles. The van der Waals surface area contributed by atoms with Gasteiger partial charge >= 0.3 is 53.7 Å². The lowest BCUT2D eigenvalue weighted by molar-refractivity contribution is -0.926. The number of likely N-dealkylation sites (N-methyl/N-ethyl adjacent to an activating group) is 5. The summed E-state index contributed by atoms with van der Waals surface area (Å²) in [6.45, 7) is 57.7. The topological polar surface area (TPSA) is 277 Å². The van der Waals surface area contributed by atoms with Crippen LogP contribution >= 0.6 is 0 Å². The van der Waals surface area contributed by atoms with Crippen molar-refractivity contribution in [1.82, 2.24) is 0 Å². The van der Waals surface area contributed by atoms with E-state index < -0.39 is 0 Å². The van der Waals surface area contributed by atoms with Crippen LogP contribution in [0, 0.1) is 0 Å². The first-order valence-electron chi connectivity index (χ1n) is 42.2. The molecule has 25 heteroatoms. The van der Waals surface area contributed by atoms with E-state index in [1.165, 1.54) is 114 Å². The molecule has 0 fully saturated rings. The highest BCUT2D eigenvalue weighted by atomic mass is 16.6. The lowest BCUT2D eigenvalue weighted by atomic mass is 10.2. The van der Waals surface area contributed by atoms with Crippen molar-refractivity contribution in [3.8, 4) is 0 Å². The third-order valence-electron chi connectivity index (χ3n) is 19.2. The van der Waals surface area contributed by atoms with Crippen LogP contribution < -0.4 is 0 Å². The highest BCUT2D eigenvalue weighted by Gasteiger charge is 2.27. The maximum Gasteiger partial charge on any atom is 0.338 e. The number of benzene rings is 5. The maximum atomic E-state index is 12.0. The van der Waals surface area contributed by atoms with Crippen LogP contribution in [-0.2, 0) is 66.5 Å². The molecule has 120 heavy (non-hydrogen) atoms. The summed E-state index contributed by atoms with van der Waals surface area (Å²) < 4.78 is 52.7. The van der Waals surface area contributed by atoms with Gasteiger partial charge in [-0.25, -0.2) is 24.0 Å². The van der Waals surface area contributed by atoms with E-state index in [0.717, 1.165) is 126 Å². The van der Waals surface area contributed by atoms with Gasteiger partial charge in [-0.3, -0.25) is 19.2 Å². The van der Waals surface area contributed by atoms with Gasteiger partial charge in [0.1, 0.15) is 65.8 Å². The average molecular weight is 1690 g/mol. The van der Waals surface area contributed by atoms with Crippen molar-refractivity contribution in [1.29, 1.82) is 0 Å². The highest BCUT2D eigenvalue weighted by Crippen LogP contribution is 2.16. The van der Waals surface area contributed by atoms with Crippen LogP contribution in [0.15, 0.2) is 164 Å². The first-order valence-corrected chi connectivity index (χ1v) is 42.2. The van der Waals surface area contributed by atoms with Crippen molar-refractivity contribution in [3.63, 3.8) is 0 Å². The minimum absolute atomic E-state index is 0. The summed E-state index contributed by atoms with van der Waals surface area (Å²) in [6, 6.07) is 45.8. The largest absolute Gasteiger partial charge is 0.502 e. The zero-order valence-corrected chi connectivity index (χ0v) is 78.6. The molecule has 2 N–H and O–H groups in total. The maximum absolute atomic E-state index is 12.0. The van der Waals surface area contributed by atoms with Gasteiger partial charge in [-0.2, -0.15) is 0 Å². The molecular weight excluding hydrogens is 1530 g/mol. The van der Waals surface area contributed by atoms with Gasteiger partial charge in [0.05, 0.1) is 169 Å². The second-order valence-corrected chi connectivity index (χ2v) is 29.1. The van der Waals surface area contributed by atoms with Crippen LogP contribution in [0.25, 0.3) is 0 Å². The van der Waals surface area contributed by atoms with E-state index in [0.29, 0.717) is 60.9 Å². The van der Waals surface area contributed by atoms with Crippen LogP contribution in [0.4, 0.5) is 0 Å². The molecule has 0 radical (unpaired) electrons. The van der Waals surface area contributed by atoms with Crippen LogP contribution in [0.5, 0.6) is 0 Å². The molecule has 0 aliphatic carbocycles. The Kier molecular flexibility index (Phi) is 77.9. The van der Waals surface area contributed by atoms with E-state index >= 15 is 0 Å². The van der Waals surface area contributed by atoms with Gasteiger partial charge in [0.15, 0.2) is 0 Å². The van der Waals surface area contributed by atoms with E-state index in [4.69, 9.17) is 23.7 Å². The second-order valence-electron chi connectivity index (χ2n) is 29.1. The molecule has 0 saturated carbocycles. The fourth-order valence-corrected chi connectivity index (χ4v) is 11.5. The van der Waals surface area contributed by atoms with Crippen molar-refractivity contribution < 1.29 is 118 Å². The summed E-state index contributed by atoms with van der Waals surface area (Å²) in [5.41, 5.74) is 3.14. The zero-order valence-electron chi connectivity index (χ0n) is 78.6. The number of carbonyl (C=O) groups excluding carboxylic acids is 9. The number of nitrogens with zero attached hydrogens (tertiary/aromatic N) is 5. The van der Waals surface area contributed by atoms with Gasteiger partial charge < -0.3 is 75.3 Å². The zero-order chi connectivity index (χ0) is 91.4. The van der Waals surface area contributed by atoms with Gasteiger partial charge in [0.25, 0.3) is 0 Å². The minimum Gasteiger partial charge on any atom is -0.502 e. The van der Waals surface area contributed by atoms with E-state index in [2.05, 4.69) is 134 Å². The number of methoxy groups -OCH3 is 5. The summed E-state index contributed by atoms with van der Waals surface area (Å²) in [7, 11) is 13.2. The van der Waals surface area contributed by atoms with Gasteiger partial charge in [0, 0.05) is 27.7 Å². The number of esters is 9. The average Bonchev–Trinajstić information content (AvgIpc) is 0.903. The van der Waals surface area contributed by atoms with Gasteiger partial charge in [-0.1, -0.05) is 146 Å². The molecule has 0 saturated heterocycles. The third kappa shape index (κ3) is 65.5. The number of unbranched alkanes of at least 4 members (excludes halogenated alkanes) is 1. The van der Waals surface area contributed by atoms with Crippen LogP contribution in [0.2, 0.25) is 0 Å². The number of ether oxygens (including phenoxy) is 10. The molecule has 0 spiro atoms. The van der Waals surface area contributed by atoms with Crippen LogP contribution in [-0.4, -0.2) is 283 Å². The van der Waals surface area contributed by atoms with Gasteiger partial charge in [0.2, 0.25) is 0 Å². The number of quaternary nitrogens is 5. The summed E-state index contributed by atoms with van der Waals surface area (Å²) in [5.74, 6) is -1.34. The van der Waals surface area contributed by atoms with Crippen molar-refractivity contribution in [2.45, 2.75) is 163 Å². The molecule has 0 amide bonds. The molecular formula is C95H162N5O20+5. The van der Waals surface area contributed by atoms with E-state index in [1.54, 1.807) is 74.7 Å². The Hall–Kier alpha value is -9.37. The molecule has 0 bridgehead atoms. The molecule has 25 nitrogen and oxygen atoms in total. The molecule has 1 unspecified atom stereocenters. The number of hydrogen-bond acceptors (Lipinski definition) is 19. The second kappa shape index (κ2) is 77.0. The van der Waals surface area contributed by atoms with E-state index in [1.807, 2.05) is 91.0 Å². The molecule has 0 aromatic heterocycles. The molecule has 5 aromatic carbocycles. The summed E-state index contributed by atoms with van der Waals surface area (Å²) in [6.07, 6.45) is 8.29. The summed E-state index contributed by atoms with van der Waals surface area (Å²) in [5, 5.41) is 0. The molecule has 5 aromatic rings. The highest BCUT2D eigenvalue weighted by molar-refractivity contribution is 5.91. The van der Waals surface area contributed by atoms with E-state index in [9.17, 15) is 43.2 Å². The normalized spacial score (nSPS) is 10.7. The fourth-order valence-electron chi connectivity index (χ4n) is 11.5. The Labute approximate surface area is 724 Å². The molecule has 1 atom stereocenters. The number of rotatable bonds is 40. The van der Waals surface area contributed by atoms with Crippen molar-refractivity contribution in [3.05, 3.63) is 192 Å². The first-order chi connectivity index (χ1) is 56.5. The fraction of sp³-hybridized carbons (Fsp3) is 0.568. The van der Waals surface area contributed by atoms with Crippen LogP contribution in [0.1, 0.15) is 214 Å². The van der Waals surface area contributed by atoms with Crippen molar-refractivity contribution in [2.75, 3.05) is 201 Å². The quantitative estimate of drug-likeness (QED) is 0.0152. The van der Waals surface area contributed by atoms with Gasteiger partial charge in [-0.15, -0.1) is 0 Å². The summed E-state index contributed by atoms with van der Waals surface area (Å²) >= 11 is 0. The molecule has 5 rings (SSSR count). The Morgan fingerprint density at radius 1 is 0.258 bits per heavy atom. The Morgan fingerprint density at radius 3 is 0.567 bits per heavy atom. The van der Waals surface area contributed by atoms with Gasteiger partial charge in [-0.05, 0) is 148 Å². The number of allylic oxidation sites excluding steroid dienone is 1.